The SMILES string of the molecule is CCOCCOC[CH]CC(OCC)OCC. The highest BCUT2D eigenvalue weighted by Crippen LogP contribution is 2.03. The quantitative estimate of drug-likeness (QED) is 0.382. The summed E-state index contributed by atoms with van der Waals surface area (Å²) >= 11 is 0. The van der Waals surface area contributed by atoms with Crippen LogP contribution < -0.4 is 0 Å². The largest absolute Gasteiger partial charge is 0.379 e. The maximum atomic E-state index is 5.39. The second-order valence-corrected chi connectivity index (χ2v) is 3.14. The summed E-state index contributed by atoms with van der Waals surface area (Å²) in [5.41, 5.74) is 0. The van der Waals surface area contributed by atoms with Crippen molar-refractivity contribution in [2.45, 2.75) is 33.5 Å². The predicted molar refractivity (Wildman–Crippen MR) is 63.3 cm³/mol. The highest BCUT2D eigenvalue weighted by molar-refractivity contribution is 4.65. The van der Waals surface area contributed by atoms with Gasteiger partial charge in [-0.3, -0.25) is 0 Å². The maximum Gasteiger partial charge on any atom is 0.157 e. The minimum atomic E-state index is -0.134. The molecule has 16 heavy (non-hydrogen) atoms. The molecule has 97 valence electrons. The van der Waals surface area contributed by atoms with E-state index in [0.29, 0.717) is 33.0 Å². The van der Waals surface area contributed by atoms with E-state index in [0.717, 1.165) is 13.0 Å². The first-order chi connectivity index (χ1) is 7.85. The number of rotatable bonds is 12. The highest BCUT2D eigenvalue weighted by atomic mass is 16.7. The molecule has 0 unspecified atom stereocenters. The lowest BCUT2D eigenvalue weighted by Crippen LogP contribution is -2.18. The van der Waals surface area contributed by atoms with Crippen molar-refractivity contribution in [1.82, 2.24) is 0 Å². The van der Waals surface area contributed by atoms with Gasteiger partial charge in [0, 0.05) is 26.2 Å². The number of hydrogen-bond donors (Lipinski definition) is 0. The molecule has 1 radical (unpaired) electrons. The van der Waals surface area contributed by atoms with Gasteiger partial charge < -0.3 is 18.9 Å². The van der Waals surface area contributed by atoms with E-state index in [1.807, 2.05) is 27.2 Å². The maximum absolute atomic E-state index is 5.39. The van der Waals surface area contributed by atoms with Crippen molar-refractivity contribution in [3.63, 3.8) is 0 Å². The summed E-state index contributed by atoms with van der Waals surface area (Å²) in [7, 11) is 0. The first kappa shape index (κ1) is 15.8. The Balaban J connectivity index is 3.25. The molecule has 4 heteroatoms. The molecule has 0 heterocycles. The lowest BCUT2D eigenvalue weighted by molar-refractivity contribution is -0.136. The van der Waals surface area contributed by atoms with Crippen LogP contribution in [-0.4, -0.2) is 45.9 Å². The van der Waals surface area contributed by atoms with Crippen molar-refractivity contribution in [3.8, 4) is 0 Å². The first-order valence-electron chi connectivity index (χ1n) is 6.05. The molecule has 0 N–H and O–H groups in total. The van der Waals surface area contributed by atoms with Crippen molar-refractivity contribution in [2.75, 3.05) is 39.6 Å². The molecule has 0 aliphatic carbocycles. The second kappa shape index (κ2) is 12.9. The molecule has 4 nitrogen and oxygen atoms in total. The molecule has 0 aliphatic rings. The molecule has 0 aromatic carbocycles. The average Bonchev–Trinajstić information content (AvgIpc) is 2.28. The fraction of sp³-hybridized carbons (Fsp3) is 0.917. The fourth-order valence-corrected chi connectivity index (χ4v) is 1.19. The Morgan fingerprint density at radius 1 is 0.875 bits per heavy atom. The van der Waals surface area contributed by atoms with Gasteiger partial charge in [0.15, 0.2) is 6.29 Å². The molecular weight excluding hydrogens is 208 g/mol. The van der Waals surface area contributed by atoms with E-state index < -0.39 is 0 Å². The van der Waals surface area contributed by atoms with E-state index in [9.17, 15) is 0 Å². The minimum absolute atomic E-state index is 0.134. The van der Waals surface area contributed by atoms with Crippen LogP contribution in [0.25, 0.3) is 0 Å². The van der Waals surface area contributed by atoms with E-state index in [1.165, 1.54) is 0 Å². The van der Waals surface area contributed by atoms with Gasteiger partial charge in [0.2, 0.25) is 0 Å². The van der Waals surface area contributed by atoms with Crippen molar-refractivity contribution < 1.29 is 18.9 Å². The summed E-state index contributed by atoms with van der Waals surface area (Å²) in [4.78, 5) is 0. The number of hydrogen-bond acceptors (Lipinski definition) is 4. The van der Waals surface area contributed by atoms with E-state index in [2.05, 4.69) is 0 Å². The third-order valence-corrected chi connectivity index (χ3v) is 1.88. The molecule has 0 rings (SSSR count). The molecule has 0 aliphatic heterocycles. The van der Waals surface area contributed by atoms with Crippen LogP contribution in [0.3, 0.4) is 0 Å². The van der Waals surface area contributed by atoms with E-state index in [1.54, 1.807) is 0 Å². The van der Waals surface area contributed by atoms with Gasteiger partial charge in [-0.25, -0.2) is 0 Å². The zero-order valence-electron chi connectivity index (χ0n) is 10.7. The summed E-state index contributed by atoms with van der Waals surface area (Å²) in [5.74, 6) is 0. The molecule has 0 fully saturated rings. The van der Waals surface area contributed by atoms with E-state index in [4.69, 9.17) is 18.9 Å². The Morgan fingerprint density at radius 2 is 1.50 bits per heavy atom. The smallest absolute Gasteiger partial charge is 0.157 e. The molecule has 0 saturated carbocycles. The van der Waals surface area contributed by atoms with Crippen LogP contribution in [0.4, 0.5) is 0 Å². The second-order valence-electron chi connectivity index (χ2n) is 3.14. The molecule has 0 amide bonds. The van der Waals surface area contributed by atoms with Crippen LogP contribution in [0, 0.1) is 6.42 Å². The van der Waals surface area contributed by atoms with Crippen LogP contribution >= 0.6 is 0 Å². The zero-order chi connectivity index (χ0) is 12.1. The van der Waals surface area contributed by atoms with Gasteiger partial charge in [0.05, 0.1) is 19.8 Å². The Hall–Kier alpha value is -0.160. The lowest BCUT2D eigenvalue weighted by Gasteiger charge is -2.16. The Kier molecular flexibility index (Phi) is 12.8. The van der Waals surface area contributed by atoms with Gasteiger partial charge in [-0.1, -0.05) is 0 Å². The Bertz CT molecular complexity index is 124. The monoisotopic (exact) mass is 233 g/mol. The third kappa shape index (κ3) is 10.4. The van der Waals surface area contributed by atoms with E-state index in [-0.39, 0.29) is 6.29 Å². The van der Waals surface area contributed by atoms with Gasteiger partial charge in [-0.2, -0.15) is 0 Å². The molecule has 0 bridgehead atoms. The Morgan fingerprint density at radius 3 is 2.06 bits per heavy atom. The summed E-state index contributed by atoms with van der Waals surface area (Å²) < 4.78 is 21.3. The molecule has 0 saturated heterocycles. The van der Waals surface area contributed by atoms with Crippen molar-refractivity contribution in [1.29, 1.82) is 0 Å². The standard InChI is InChI=1S/C12H25O4/c1-4-13-10-11-14-9-7-8-12(15-5-2)16-6-3/h7,12H,4-6,8-11H2,1-3H3. The van der Waals surface area contributed by atoms with Crippen LogP contribution in [0.15, 0.2) is 0 Å². The molecule has 0 aromatic heterocycles. The zero-order valence-corrected chi connectivity index (χ0v) is 10.7. The van der Waals surface area contributed by atoms with Gasteiger partial charge in [0.1, 0.15) is 0 Å². The van der Waals surface area contributed by atoms with Crippen LogP contribution in [-0.2, 0) is 18.9 Å². The van der Waals surface area contributed by atoms with Crippen molar-refractivity contribution in [2.24, 2.45) is 0 Å². The first-order valence-corrected chi connectivity index (χ1v) is 6.05. The summed E-state index contributed by atoms with van der Waals surface area (Å²) in [6.07, 6.45) is 2.66. The molecule has 0 spiro atoms. The highest BCUT2D eigenvalue weighted by Gasteiger charge is 2.06. The summed E-state index contributed by atoms with van der Waals surface area (Å²) in [6, 6.07) is 0. The summed E-state index contributed by atoms with van der Waals surface area (Å²) in [5, 5.41) is 0. The normalized spacial score (nSPS) is 11.2. The Labute approximate surface area is 99.2 Å². The lowest BCUT2D eigenvalue weighted by atomic mass is 10.3. The predicted octanol–water partition coefficient (Wildman–Crippen LogP) is 2.03. The van der Waals surface area contributed by atoms with Crippen LogP contribution in [0.2, 0.25) is 0 Å². The van der Waals surface area contributed by atoms with Crippen molar-refractivity contribution >= 4 is 0 Å². The third-order valence-electron chi connectivity index (χ3n) is 1.88. The number of ether oxygens (including phenoxy) is 4. The molecule has 0 atom stereocenters. The van der Waals surface area contributed by atoms with E-state index >= 15 is 0 Å². The van der Waals surface area contributed by atoms with Gasteiger partial charge in [-0.05, 0) is 27.2 Å². The molecular formula is C12H25O4. The minimum Gasteiger partial charge on any atom is -0.379 e. The average molecular weight is 233 g/mol. The van der Waals surface area contributed by atoms with Gasteiger partial charge in [0.25, 0.3) is 0 Å². The molecule has 0 aromatic rings. The summed E-state index contributed by atoms with van der Waals surface area (Å²) in [6.45, 7) is 9.89. The fourth-order valence-electron chi connectivity index (χ4n) is 1.19. The van der Waals surface area contributed by atoms with Crippen molar-refractivity contribution in [3.05, 3.63) is 6.42 Å². The van der Waals surface area contributed by atoms with Crippen LogP contribution in [0.5, 0.6) is 0 Å². The van der Waals surface area contributed by atoms with Gasteiger partial charge in [-0.15, -0.1) is 0 Å². The van der Waals surface area contributed by atoms with Crippen LogP contribution in [0.1, 0.15) is 27.2 Å². The topological polar surface area (TPSA) is 36.9 Å². The van der Waals surface area contributed by atoms with Gasteiger partial charge >= 0.3 is 0 Å².